The Labute approximate surface area is 246 Å². The van der Waals surface area contributed by atoms with Crippen LogP contribution < -0.4 is 19.5 Å². The highest BCUT2D eigenvalue weighted by atomic mass is 16.5. The Hall–Kier alpha value is -4.60. The molecule has 42 heavy (non-hydrogen) atoms. The van der Waals surface area contributed by atoms with Gasteiger partial charge in [0.25, 0.3) is 0 Å². The van der Waals surface area contributed by atoms with Crippen LogP contribution >= 0.6 is 0 Å². The third-order valence-electron chi connectivity index (χ3n) is 6.97. The van der Waals surface area contributed by atoms with E-state index >= 15 is 0 Å². The van der Waals surface area contributed by atoms with E-state index in [1.165, 1.54) is 21.3 Å². The number of benzene rings is 3. The number of fused-ring (bicyclic) bond motifs is 1. The molecule has 0 fully saturated rings. The van der Waals surface area contributed by atoms with Gasteiger partial charge in [-0.3, -0.25) is 9.59 Å². The molecule has 0 saturated heterocycles. The van der Waals surface area contributed by atoms with Gasteiger partial charge in [0.2, 0.25) is 17.6 Å². The second-order valence-electron chi connectivity index (χ2n) is 11.1. The topological polar surface area (TPSA) is 108 Å². The molecule has 1 aromatic heterocycles. The molecule has 222 valence electrons. The van der Waals surface area contributed by atoms with E-state index in [0.29, 0.717) is 34.7 Å². The summed E-state index contributed by atoms with van der Waals surface area (Å²) in [6.45, 7) is 7.91. The van der Waals surface area contributed by atoms with Gasteiger partial charge in [0.05, 0.1) is 26.8 Å². The summed E-state index contributed by atoms with van der Waals surface area (Å²) in [5.74, 6) is 0.536. The first-order valence-electron chi connectivity index (χ1n) is 13.8. The van der Waals surface area contributed by atoms with Crippen LogP contribution in [-0.2, 0) is 22.6 Å². The Bertz CT molecular complexity index is 1530. The Morgan fingerprint density at radius 2 is 1.60 bits per heavy atom. The molecule has 0 aliphatic rings. The van der Waals surface area contributed by atoms with Crippen molar-refractivity contribution in [1.29, 1.82) is 0 Å². The maximum atomic E-state index is 14.2. The van der Waals surface area contributed by atoms with E-state index in [4.69, 9.17) is 14.2 Å². The molecule has 1 N–H and O–H groups in total. The fourth-order valence-electron chi connectivity index (χ4n) is 4.95. The molecule has 1 unspecified atom stereocenters. The van der Waals surface area contributed by atoms with E-state index in [2.05, 4.69) is 15.6 Å². The normalized spacial score (nSPS) is 12.1. The predicted octanol–water partition coefficient (Wildman–Crippen LogP) is 4.49. The van der Waals surface area contributed by atoms with E-state index in [9.17, 15) is 9.59 Å². The molecule has 1 heterocycles. The van der Waals surface area contributed by atoms with Gasteiger partial charge in [0.15, 0.2) is 11.5 Å². The zero-order valence-electron chi connectivity index (χ0n) is 25.3. The predicted molar refractivity (Wildman–Crippen MR) is 161 cm³/mol. The average Bonchev–Trinajstić information content (AvgIpc) is 3.36. The van der Waals surface area contributed by atoms with Crippen molar-refractivity contribution >= 4 is 22.8 Å². The first-order chi connectivity index (χ1) is 20.1. The molecule has 4 aromatic rings. The summed E-state index contributed by atoms with van der Waals surface area (Å²) in [6.07, 6.45) is 0.542. The van der Waals surface area contributed by atoms with Crippen molar-refractivity contribution in [2.75, 3.05) is 27.9 Å². The highest BCUT2D eigenvalue weighted by Crippen LogP contribution is 2.41. The Kier molecular flexibility index (Phi) is 9.35. The molecule has 0 aliphatic heterocycles. The van der Waals surface area contributed by atoms with Crippen molar-refractivity contribution in [3.8, 4) is 17.2 Å². The van der Waals surface area contributed by atoms with Gasteiger partial charge in [-0.15, -0.1) is 5.10 Å². The van der Waals surface area contributed by atoms with Crippen molar-refractivity contribution in [2.45, 2.75) is 52.2 Å². The van der Waals surface area contributed by atoms with Crippen LogP contribution in [0.3, 0.4) is 0 Å². The van der Waals surface area contributed by atoms with Gasteiger partial charge in [-0.1, -0.05) is 41.6 Å². The Morgan fingerprint density at radius 1 is 0.952 bits per heavy atom. The molecule has 0 bridgehead atoms. The van der Waals surface area contributed by atoms with Crippen molar-refractivity contribution in [1.82, 2.24) is 25.2 Å². The summed E-state index contributed by atoms with van der Waals surface area (Å²) < 4.78 is 18.3. The SMILES string of the molecule is COc1cc(C(C(=O)NC(C)(C)C)N(CCc2ccccc2C)C(=O)Cn2nnc3ccccc32)cc(OC)c1OC. The van der Waals surface area contributed by atoms with Crippen molar-refractivity contribution in [3.05, 3.63) is 77.4 Å². The molecule has 10 nitrogen and oxygen atoms in total. The van der Waals surface area contributed by atoms with E-state index in [-0.39, 0.29) is 24.9 Å². The van der Waals surface area contributed by atoms with Crippen LogP contribution in [0.5, 0.6) is 17.2 Å². The van der Waals surface area contributed by atoms with Crippen molar-refractivity contribution < 1.29 is 23.8 Å². The van der Waals surface area contributed by atoms with E-state index in [0.717, 1.165) is 16.6 Å². The number of hydrogen-bond donors (Lipinski definition) is 1. The molecule has 0 aliphatic carbocycles. The lowest BCUT2D eigenvalue weighted by molar-refractivity contribution is -0.142. The third kappa shape index (κ3) is 6.82. The smallest absolute Gasteiger partial charge is 0.247 e. The lowest BCUT2D eigenvalue weighted by Crippen LogP contribution is -2.50. The van der Waals surface area contributed by atoms with Crippen LogP contribution in [0.4, 0.5) is 0 Å². The zero-order valence-corrected chi connectivity index (χ0v) is 25.3. The van der Waals surface area contributed by atoms with Crippen LogP contribution in [0.1, 0.15) is 43.5 Å². The van der Waals surface area contributed by atoms with Gasteiger partial charge in [-0.05, 0) is 75.1 Å². The number of nitrogens with zero attached hydrogens (tertiary/aromatic N) is 4. The number of ether oxygens (including phenoxy) is 3. The number of aryl methyl sites for hydroxylation is 1. The van der Waals surface area contributed by atoms with E-state index in [1.54, 1.807) is 21.7 Å². The van der Waals surface area contributed by atoms with Crippen LogP contribution in [0.15, 0.2) is 60.7 Å². The van der Waals surface area contributed by atoms with Crippen LogP contribution in [0.2, 0.25) is 0 Å². The Balaban J connectivity index is 1.83. The number of para-hydroxylation sites is 1. The molecule has 0 saturated carbocycles. The minimum Gasteiger partial charge on any atom is -0.493 e. The summed E-state index contributed by atoms with van der Waals surface area (Å²) in [7, 11) is 4.55. The molecule has 3 aromatic carbocycles. The Morgan fingerprint density at radius 3 is 2.21 bits per heavy atom. The molecule has 10 heteroatoms. The van der Waals surface area contributed by atoms with Crippen LogP contribution in [0, 0.1) is 6.92 Å². The van der Waals surface area contributed by atoms with Crippen LogP contribution in [0.25, 0.3) is 11.0 Å². The van der Waals surface area contributed by atoms with Gasteiger partial charge in [-0.25, -0.2) is 4.68 Å². The average molecular weight is 574 g/mol. The summed E-state index contributed by atoms with van der Waals surface area (Å²) >= 11 is 0. The molecule has 0 radical (unpaired) electrons. The maximum Gasteiger partial charge on any atom is 0.247 e. The maximum absolute atomic E-state index is 14.2. The number of aromatic nitrogens is 3. The monoisotopic (exact) mass is 573 g/mol. The third-order valence-corrected chi connectivity index (χ3v) is 6.97. The molecule has 0 spiro atoms. The molecular weight excluding hydrogens is 534 g/mol. The minimum absolute atomic E-state index is 0.0992. The summed E-state index contributed by atoms with van der Waals surface area (Å²) in [6, 6.07) is 17.9. The summed E-state index contributed by atoms with van der Waals surface area (Å²) in [5.41, 5.74) is 3.57. The zero-order chi connectivity index (χ0) is 30.4. The van der Waals surface area contributed by atoms with E-state index in [1.807, 2.05) is 76.2 Å². The number of carbonyl (C=O) groups excluding carboxylic acids is 2. The van der Waals surface area contributed by atoms with Gasteiger partial charge in [0, 0.05) is 12.1 Å². The lowest BCUT2D eigenvalue weighted by atomic mass is 9.99. The first-order valence-corrected chi connectivity index (χ1v) is 13.8. The number of rotatable bonds is 11. The number of hydrogen-bond acceptors (Lipinski definition) is 7. The minimum atomic E-state index is -1.01. The van der Waals surface area contributed by atoms with Gasteiger partial charge < -0.3 is 24.4 Å². The van der Waals surface area contributed by atoms with Gasteiger partial charge in [-0.2, -0.15) is 0 Å². The highest BCUT2D eigenvalue weighted by molar-refractivity contribution is 5.90. The number of methoxy groups -OCH3 is 3. The van der Waals surface area contributed by atoms with Gasteiger partial charge in [0.1, 0.15) is 18.1 Å². The summed E-state index contributed by atoms with van der Waals surface area (Å²) in [4.78, 5) is 29.9. The molecule has 2 amide bonds. The quantitative estimate of drug-likeness (QED) is 0.282. The number of nitrogens with one attached hydrogen (secondary N) is 1. The van der Waals surface area contributed by atoms with Gasteiger partial charge >= 0.3 is 0 Å². The molecular formula is C32H39N5O5. The summed E-state index contributed by atoms with van der Waals surface area (Å²) in [5, 5.41) is 11.5. The lowest BCUT2D eigenvalue weighted by Gasteiger charge is -2.34. The second-order valence-corrected chi connectivity index (χ2v) is 11.1. The first kappa shape index (κ1) is 30.4. The largest absolute Gasteiger partial charge is 0.493 e. The number of carbonyl (C=O) groups is 2. The fourth-order valence-corrected chi connectivity index (χ4v) is 4.95. The fraction of sp³-hybridized carbons (Fsp3) is 0.375. The van der Waals surface area contributed by atoms with Crippen molar-refractivity contribution in [3.63, 3.8) is 0 Å². The molecule has 1 atom stereocenters. The highest BCUT2D eigenvalue weighted by Gasteiger charge is 2.35. The standard InChI is InChI=1S/C32H39N5O5/c1-21-12-8-9-13-22(21)16-17-36(28(38)20-37-25-15-11-10-14-24(25)34-35-37)29(31(39)33-32(2,3)4)23-18-26(40-5)30(42-7)27(19-23)41-6/h8-15,18-19,29H,16-17,20H2,1-7H3,(H,33,39). The van der Waals surface area contributed by atoms with E-state index < -0.39 is 11.6 Å². The second kappa shape index (κ2) is 12.9. The number of amides is 2. The van der Waals surface area contributed by atoms with Crippen molar-refractivity contribution in [2.24, 2.45) is 0 Å². The molecule has 4 rings (SSSR count). The van der Waals surface area contributed by atoms with Crippen LogP contribution in [-0.4, -0.2) is 65.1 Å².